The molecule has 0 saturated carbocycles. The van der Waals surface area contributed by atoms with Crippen molar-refractivity contribution in [2.75, 3.05) is 38.5 Å². The Hall–Kier alpha value is -4.10. The van der Waals surface area contributed by atoms with E-state index in [0.717, 1.165) is 54.3 Å². The van der Waals surface area contributed by atoms with Crippen molar-refractivity contribution < 1.29 is 4.79 Å². The van der Waals surface area contributed by atoms with Gasteiger partial charge in [-0.05, 0) is 42.5 Å². The fourth-order valence-corrected chi connectivity index (χ4v) is 4.50. The smallest absolute Gasteiger partial charge is 0.255 e. The normalized spacial score (nSPS) is 18.2. The maximum Gasteiger partial charge on any atom is 0.255 e. The van der Waals surface area contributed by atoms with Crippen molar-refractivity contribution in [1.82, 2.24) is 25.3 Å². The third-order valence-corrected chi connectivity index (χ3v) is 6.53. The Morgan fingerprint density at radius 2 is 1.81 bits per heavy atom. The van der Waals surface area contributed by atoms with Gasteiger partial charge < -0.3 is 20.4 Å². The topological polar surface area (TPSA) is 76.3 Å². The van der Waals surface area contributed by atoms with Crippen LogP contribution >= 0.6 is 0 Å². The van der Waals surface area contributed by atoms with Gasteiger partial charge in [-0.15, -0.1) is 0 Å². The fraction of sp³-hybridized carbons (Fsp3) is 0.241. The summed E-state index contributed by atoms with van der Waals surface area (Å²) in [5.74, 6) is -0.0966. The van der Waals surface area contributed by atoms with Crippen molar-refractivity contribution in [1.29, 1.82) is 0 Å². The molecule has 2 aromatic carbocycles. The number of carbonyl (C=O) groups excluding carboxylic acids is 1. The lowest BCUT2D eigenvalue weighted by molar-refractivity contribution is 0.0936. The van der Waals surface area contributed by atoms with Crippen LogP contribution in [0.1, 0.15) is 35.1 Å². The molecule has 0 bridgehead atoms. The number of nitrogens with zero attached hydrogens (tertiary/aromatic N) is 3. The number of anilines is 1. The number of aromatic amines is 1. The molecular formula is C29H34N6O. The van der Waals surface area contributed by atoms with Gasteiger partial charge >= 0.3 is 0 Å². The predicted octanol–water partition coefficient (Wildman–Crippen LogP) is 4.90. The molecule has 3 heterocycles. The largest absolute Gasteiger partial charge is 0.369 e. The number of allylic oxidation sites excluding steroid dienone is 3. The second-order valence-electron chi connectivity index (χ2n) is 8.87. The highest BCUT2D eigenvalue weighted by Crippen LogP contribution is 2.31. The minimum absolute atomic E-state index is 0. The van der Waals surface area contributed by atoms with Gasteiger partial charge in [0, 0.05) is 43.1 Å². The van der Waals surface area contributed by atoms with E-state index in [0.29, 0.717) is 5.56 Å². The average molecular weight is 483 g/mol. The number of piperazine rings is 1. The fourth-order valence-electron chi connectivity index (χ4n) is 4.50. The first-order valence-electron chi connectivity index (χ1n) is 11.9. The van der Waals surface area contributed by atoms with Crippen molar-refractivity contribution in [2.24, 2.45) is 0 Å². The molecular weight excluding hydrogens is 448 g/mol. The second kappa shape index (κ2) is 11.1. The minimum Gasteiger partial charge on any atom is -0.369 e. The molecule has 2 aliphatic rings. The Morgan fingerprint density at radius 3 is 2.56 bits per heavy atom. The lowest BCUT2D eigenvalue weighted by atomic mass is 10.0. The van der Waals surface area contributed by atoms with Gasteiger partial charge in [0.05, 0.1) is 17.5 Å². The summed E-state index contributed by atoms with van der Waals surface area (Å²) in [6.07, 6.45) is 9.60. The van der Waals surface area contributed by atoms with E-state index in [1.54, 1.807) is 6.20 Å². The third-order valence-electron chi connectivity index (χ3n) is 6.53. The highest BCUT2D eigenvalue weighted by Gasteiger charge is 2.27. The first-order chi connectivity index (χ1) is 17.1. The molecule has 186 valence electrons. The number of hydrogen-bond donors (Lipinski definition) is 3. The lowest BCUT2D eigenvalue weighted by Crippen LogP contribution is -2.43. The van der Waals surface area contributed by atoms with Gasteiger partial charge in [-0.25, -0.2) is 0 Å². The Labute approximate surface area is 213 Å². The van der Waals surface area contributed by atoms with Gasteiger partial charge in [0.15, 0.2) is 0 Å². The van der Waals surface area contributed by atoms with Crippen molar-refractivity contribution in [3.8, 4) is 11.3 Å². The van der Waals surface area contributed by atoms with E-state index in [4.69, 9.17) is 0 Å². The molecule has 0 radical (unpaired) electrons. The van der Waals surface area contributed by atoms with Crippen LogP contribution in [0, 0.1) is 0 Å². The van der Waals surface area contributed by atoms with E-state index in [1.165, 1.54) is 5.70 Å². The molecule has 1 atom stereocenters. The Morgan fingerprint density at radius 1 is 1.06 bits per heavy atom. The molecule has 1 saturated heterocycles. The number of para-hydroxylation sites is 1. The molecule has 7 nitrogen and oxygen atoms in total. The average Bonchev–Trinajstić information content (AvgIpc) is 3.38. The molecule has 3 N–H and O–H groups in total. The SMILES string of the molecule is C.C=C/C=C(\C=C\c1ccc(-c2[nH]ncc2C2NC(=O)c3ccccc3N2)cc1)N1CCN(C)CC1. The summed E-state index contributed by atoms with van der Waals surface area (Å²) in [6.45, 7) is 8.03. The molecule has 0 spiro atoms. The quantitative estimate of drug-likeness (QED) is 0.436. The van der Waals surface area contributed by atoms with E-state index in [-0.39, 0.29) is 19.5 Å². The standard InChI is InChI=1S/C28H30N6O.CH4/c1-3-6-22(34-17-15-33(2)16-18-34)14-11-20-9-12-21(13-10-20)26-24(19-29-32-26)27-30-25-8-5-4-7-23(25)28(35)31-27;/h3-14,19,27,30H,1,15-18H2,2H3,(H,29,32)(H,31,35);1H4/b14-11+,22-6+;. The number of fused-ring (bicyclic) bond motifs is 1. The molecule has 1 unspecified atom stereocenters. The van der Waals surface area contributed by atoms with Crippen LogP contribution in [0.15, 0.2) is 85.2 Å². The van der Waals surface area contributed by atoms with Gasteiger partial charge in [0.1, 0.15) is 6.17 Å². The van der Waals surface area contributed by atoms with Gasteiger partial charge in [-0.2, -0.15) is 5.10 Å². The van der Waals surface area contributed by atoms with Crippen LogP contribution in [-0.2, 0) is 0 Å². The highest BCUT2D eigenvalue weighted by molar-refractivity contribution is 6.01. The number of carbonyl (C=O) groups is 1. The van der Waals surface area contributed by atoms with Crippen LogP contribution < -0.4 is 10.6 Å². The summed E-state index contributed by atoms with van der Waals surface area (Å²) in [4.78, 5) is 17.3. The Kier molecular flexibility index (Phi) is 7.71. The van der Waals surface area contributed by atoms with Crippen molar-refractivity contribution in [3.63, 3.8) is 0 Å². The maximum atomic E-state index is 12.6. The van der Waals surface area contributed by atoms with Gasteiger partial charge in [0.25, 0.3) is 5.91 Å². The van der Waals surface area contributed by atoms with Crippen LogP contribution in [0.25, 0.3) is 17.3 Å². The Balaban J connectivity index is 0.00000304. The number of nitrogens with one attached hydrogen (secondary N) is 3. The molecule has 2 aliphatic heterocycles. The first kappa shape index (κ1) is 25.0. The van der Waals surface area contributed by atoms with E-state index in [9.17, 15) is 4.79 Å². The second-order valence-corrected chi connectivity index (χ2v) is 8.87. The predicted molar refractivity (Wildman–Crippen MR) is 147 cm³/mol. The molecule has 0 aliphatic carbocycles. The summed E-state index contributed by atoms with van der Waals surface area (Å²) < 4.78 is 0. The van der Waals surface area contributed by atoms with Gasteiger partial charge in [0.2, 0.25) is 0 Å². The van der Waals surface area contributed by atoms with E-state index in [1.807, 2.05) is 30.3 Å². The van der Waals surface area contributed by atoms with Crippen molar-refractivity contribution in [2.45, 2.75) is 13.6 Å². The number of rotatable bonds is 6. The minimum atomic E-state index is -0.360. The number of amides is 1. The number of aromatic nitrogens is 2. The van der Waals surface area contributed by atoms with Gasteiger partial charge in [-0.3, -0.25) is 9.89 Å². The monoisotopic (exact) mass is 482 g/mol. The Bertz CT molecular complexity index is 1260. The van der Waals surface area contributed by atoms with Crippen LogP contribution in [0.5, 0.6) is 0 Å². The summed E-state index contributed by atoms with van der Waals surface area (Å²) in [7, 11) is 2.16. The maximum absolute atomic E-state index is 12.6. The molecule has 5 rings (SSSR count). The van der Waals surface area contributed by atoms with Crippen LogP contribution in [0.3, 0.4) is 0 Å². The molecule has 36 heavy (non-hydrogen) atoms. The van der Waals surface area contributed by atoms with E-state index >= 15 is 0 Å². The number of H-pyrrole nitrogens is 1. The summed E-state index contributed by atoms with van der Waals surface area (Å²) in [5, 5.41) is 13.8. The third kappa shape index (κ3) is 5.26. The molecule has 1 amide bonds. The van der Waals surface area contributed by atoms with E-state index < -0.39 is 0 Å². The summed E-state index contributed by atoms with van der Waals surface area (Å²) >= 11 is 0. The zero-order chi connectivity index (χ0) is 24.2. The van der Waals surface area contributed by atoms with Crippen molar-refractivity contribution in [3.05, 3.63) is 102 Å². The van der Waals surface area contributed by atoms with Gasteiger partial charge in [-0.1, -0.05) is 62.6 Å². The van der Waals surface area contributed by atoms with Crippen LogP contribution in [0.2, 0.25) is 0 Å². The number of benzene rings is 2. The molecule has 7 heteroatoms. The molecule has 3 aromatic rings. The van der Waals surface area contributed by atoms with Crippen LogP contribution in [-0.4, -0.2) is 59.1 Å². The molecule has 1 aromatic heterocycles. The zero-order valence-corrected chi connectivity index (χ0v) is 19.9. The zero-order valence-electron chi connectivity index (χ0n) is 19.9. The van der Waals surface area contributed by atoms with Crippen LogP contribution in [0.4, 0.5) is 5.69 Å². The van der Waals surface area contributed by atoms with Crippen molar-refractivity contribution >= 4 is 17.7 Å². The lowest BCUT2D eigenvalue weighted by Gasteiger charge is -2.34. The number of likely N-dealkylation sites (N-methyl/N-ethyl adjacent to an activating group) is 1. The molecule has 1 fully saturated rings. The highest BCUT2D eigenvalue weighted by atomic mass is 16.2. The summed E-state index contributed by atoms with van der Waals surface area (Å²) in [5.41, 5.74) is 6.52. The summed E-state index contributed by atoms with van der Waals surface area (Å²) in [6, 6.07) is 15.8. The number of hydrogen-bond acceptors (Lipinski definition) is 5. The first-order valence-corrected chi connectivity index (χ1v) is 11.9. The van der Waals surface area contributed by atoms with E-state index in [2.05, 4.69) is 86.8 Å².